The minimum atomic E-state index is 0.350. The SMILES string of the molecule is CCCCCl.[OH][SnH]. The van der Waals surface area contributed by atoms with Gasteiger partial charge in [-0.25, -0.2) is 0 Å². The molecule has 7 heavy (non-hydrogen) atoms. The second-order valence-corrected chi connectivity index (χ2v) is 1.42. The Bertz CT molecular complexity index is 19.2. The summed E-state index contributed by atoms with van der Waals surface area (Å²) in [4.78, 5) is 0. The average molecular weight is 229 g/mol. The molecule has 0 aliphatic rings. The Morgan fingerprint density at radius 3 is 2.00 bits per heavy atom. The van der Waals surface area contributed by atoms with Gasteiger partial charge in [-0.05, 0) is 6.42 Å². The Hall–Kier alpha value is 1.05. The Labute approximate surface area is 63.7 Å². The van der Waals surface area contributed by atoms with Crippen molar-refractivity contribution in [3.63, 3.8) is 0 Å². The van der Waals surface area contributed by atoms with Crippen LogP contribution in [0.4, 0.5) is 0 Å². The molecule has 0 unspecified atom stereocenters. The van der Waals surface area contributed by atoms with E-state index in [1.54, 1.807) is 0 Å². The molecule has 0 amide bonds. The second-order valence-electron chi connectivity index (χ2n) is 1.04. The summed E-state index contributed by atoms with van der Waals surface area (Å²) in [5.41, 5.74) is 0. The summed E-state index contributed by atoms with van der Waals surface area (Å²) in [6.45, 7) is 2.13. The van der Waals surface area contributed by atoms with Gasteiger partial charge < -0.3 is 0 Å². The molecular formula is C4H11ClOSn. The van der Waals surface area contributed by atoms with Gasteiger partial charge in [0.25, 0.3) is 0 Å². The van der Waals surface area contributed by atoms with E-state index in [1.165, 1.54) is 6.42 Å². The number of alkyl halides is 1. The van der Waals surface area contributed by atoms with Crippen LogP contribution in [0.2, 0.25) is 0 Å². The Kier molecular flexibility index (Phi) is 24.6. The quantitative estimate of drug-likeness (QED) is 0.549. The summed E-state index contributed by atoms with van der Waals surface area (Å²) in [5, 5.41) is 0. The molecule has 0 saturated heterocycles. The fourth-order valence-corrected chi connectivity index (χ4v) is 0.401. The van der Waals surface area contributed by atoms with E-state index < -0.39 is 0 Å². The van der Waals surface area contributed by atoms with E-state index in [0.29, 0.717) is 22.9 Å². The van der Waals surface area contributed by atoms with Crippen molar-refractivity contribution in [2.45, 2.75) is 19.8 Å². The topological polar surface area (TPSA) is 20.2 Å². The molecule has 0 aromatic carbocycles. The Morgan fingerprint density at radius 1 is 1.57 bits per heavy atom. The van der Waals surface area contributed by atoms with Crippen molar-refractivity contribution >= 4 is 34.5 Å². The first kappa shape index (κ1) is 10.9. The molecule has 44 valence electrons. The van der Waals surface area contributed by atoms with Crippen molar-refractivity contribution in [2.24, 2.45) is 0 Å². The van der Waals surface area contributed by atoms with Crippen molar-refractivity contribution in [1.29, 1.82) is 0 Å². The fourth-order valence-electron chi connectivity index (χ4n) is 0.134. The molecule has 0 fully saturated rings. The first-order valence-electron chi connectivity index (χ1n) is 2.23. The standard InChI is InChI=1S/C4H9Cl.H2O.Sn.H/c1-2-3-4-5;;;/h2-4H2,1H3;1H2;;/q;;+1;/p-1. The van der Waals surface area contributed by atoms with Crippen molar-refractivity contribution < 1.29 is 3.44 Å². The molecule has 3 heteroatoms. The third-order valence-electron chi connectivity index (χ3n) is 0.487. The van der Waals surface area contributed by atoms with E-state index >= 15 is 0 Å². The molecule has 0 heterocycles. The van der Waals surface area contributed by atoms with Gasteiger partial charge in [0.2, 0.25) is 0 Å². The molecule has 0 aromatic rings. The van der Waals surface area contributed by atoms with E-state index in [9.17, 15) is 0 Å². The summed E-state index contributed by atoms with van der Waals surface area (Å²) in [6, 6.07) is 0. The molecule has 0 spiro atoms. The molecule has 0 aromatic heterocycles. The predicted octanol–water partition coefficient (Wildman–Crippen LogP) is 0.820. The van der Waals surface area contributed by atoms with Gasteiger partial charge in [-0.2, -0.15) is 0 Å². The van der Waals surface area contributed by atoms with E-state index in [1.807, 2.05) is 0 Å². The van der Waals surface area contributed by atoms with Gasteiger partial charge >= 0.3 is 26.4 Å². The van der Waals surface area contributed by atoms with Gasteiger partial charge in [-0.1, -0.05) is 13.3 Å². The molecule has 1 N–H and O–H groups in total. The van der Waals surface area contributed by atoms with E-state index in [0.717, 1.165) is 12.3 Å². The molecular weight excluding hydrogens is 218 g/mol. The number of hydrogen-bond donors (Lipinski definition) is 1. The number of unbranched alkanes of at least 4 members (excludes halogenated alkanes) is 1. The van der Waals surface area contributed by atoms with Crippen LogP contribution in [0.5, 0.6) is 0 Å². The van der Waals surface area contributed by atoms with Crippen LogP contribution in [0.25, 0.3) is 0 Å². The van der Waals surface area contributed by atoms with Crippen LogP contribution in [0.15, 0.2) is 0 Å². The van der Waals surface area contributed by atoms with Crippen LogP contribution in [-0.4, -0.2) is 32.3 Å². The normalized spacial score (nSPS) is 6.86. The van der Waals surface area contributed by atoms with Crippen molar-refractivity contribution in [3.8, 4) is 0 Å². The molecule has 0 atom stereocenters. The van der Waals surface area contributed by atoms with Crippen LogP contribution in [0.3, 0.4) is 0 Å². The zero-order chi connectivity index (χ0) is 6.12. The molecule has 2 radical (unpaired) electrons. The second kappa shape index (κ2) is 15.7. The maximum atomic E-state index is 7.13. The van der Waals surface area contributed by atoms with Gasteiger partial charge in [-0.3, -0.25) is 0 Å². The maximum absolute atomic E-state index is 7.13. The molecule has 0 bridgehead atoms. The van der Waals surface area contributed by atoms with E-state index in [-0.39, 0.29) is 0 Å². The van der Waals surface area contributed by atoms with Crippen LogP contribution in [0.1, 0.15) is 19.8 Å². The fraction of sp³-hybridized carbons (Fsp3) is 1.00. The molecule has 0 rings (SSSR count). The summed E-state index contributed by atoms with van der Waals surface area (Å²) < 4.78 is 7.13. The van der Waals surface area contributed by atoms with Crippen molar-refractivity contribution in [3.05, 3.63) is 0 Å². The zero-order valence-electron chi connectivity index (χ0n) is 4.52. The number of rotatable bonds is 2. The first-order valence-corrected chi connectivity index (χ1v) is 4.24. The summed E-state index contributed by atoms with van der Waals surface area (Å²) in [7, 11) is 0. The van der Waals surface area contributed by atoms with Gasteiger partial charge in [-0.15, -0.1) is 11.6 Å². The van der Waals surface area contributed by atoms with Gasteiger partial charge in [0.05, 0.1) is 0 Å². The van der Waals surface area contributed by atoms with Gasteiger partial charge in [0.15, 0.2) is 0 Å². The summed E-state index contributed by atoms with van der Waals surface area (Å²) in [5.74, 6) is 0.816. The monoisotopic (exact) mass is 230 g/mol. The Balaban J connectivity index is 0. The molecule has 1 nitrogen and oxygen atoms in total. The first-order chi connectivity index (χ1) is 3.41. The van der Waals surface area contributed by atoms with Crippen LogP contribution in [-0.2, 0) is 0 Å². The third kappa shape index (κ3) is 19.3. The van der Waals surface area contributed by atoms with E-state index in [2.05, 4.69) is 6.92 Å². The van der Waals surface area contributed by atoms with E-state index in [4.69, 9.17) is 15.0 Å². The molecule has 0 saturated carbocycles. The van der Waals surface area contributed by atoms with Crippen molar-refractivity contribution in [2.75, 3.05) is 5.88 Å². The third-order valence-corrected chi connectivity index (χ3v) is 0.754. The Morgan fingerprint density at radius 2 is 2.00 bits per heavy atom. The van der Waals surface area contributed by atoms with Gasteiger partial charge in [0, 0.05) is 5.88 Å². The van der Waals surface area contributed by atoms with Crippen LogP contribution in [0, 0.1) is 0 Å². The predicted molar refractivity (Wildman–Crippen MR) is 35.0 cm³/mol. The minimum absolute atomic E-state index is 0.350. The molecule has 0 aliphatic carbocycles. The van der Waals surface area contributed by atoms with Crippen LogP contribution < -0.4 is 0 Å². The van der Waals surface area contributed by atoms with Crippen LogP contribution >= 0.6 is 11.6 Å². The zero-order valence-corrected chi connectivity index (χ0v) is 8.58. The number of hydrogen-bond acceptors (Lipinski definition) is 1. The molecule has 0 aliphatic heterocycles. The van der Waals surface area contributed by atoms with Crippen molar-refractivity contribution in [1.82, 2.24) is 0 Å². The average Bonchev–Trinajstić information content (AvgIpc) is 1.75. The summed E-state index contributed by atoms with van der Waals surface area (Å²) >= 11 is 5.65. The number of halogens is 1. The van der Waals surface area contributed by atoms with Gasteiger partial charge in [0.1, 0.15) is 0 Å². The summed E-state index contributed by atoms with van der Waals surface area (Å²) in [6.07, 6.45) is 2.37.